The van der Waals surface area contributed by atoms with Crippen molar-refractivity contribution in [3.63, 3.8) is 0 Å². The lowest BCUT2D eigenvalue weighted by atomic mass is 10.1. The monoisotopic (exact) mass is 488 g/mol. The third-order valence-corrected chi connectivity index (χ3v) is 6.14. The summed E-state index contributed by atoms with van der Waals surface area (Å²) < 4.78 is 11.1. The van der Waals surface area contributed by atoms with Crippen molar-refractivity contribution < 1.29 is 23.9 Å². The molecule has 178 valence electrons. The summed E-state index contributed by atoms with van der Waals surface area (Å²) >= 11 is 0.801. The minimum absolute atomic E-state index is 0.235. The van der Waals surface area contributed by atoms with Gasteiger partial charge >= 0.3 is 0 Å². The Morgan fingerprint density at radius 3 is 2.54 bits per heavy atom. The third-order valence-electron chi connectivity index (χ3n) is 5.23. The minimum Gasteiger partial charge on any atom is -0.497 e. The van der Waals surface area contributed by atoms with Gasteiger partial charge in [0.2, 0.25) is 5.91 Å². The average molecular weight is 489 g/mol. The van der Waals surface area contributed by atoms with Crippen LogP contribution in [0, 0.1) is 6.92 Å². The fourth-order valence-corrected chi connectivity index (χ4v) is 4.32. The van der Waals surface area contributed by atoms with Gasteiger partial charge in [0.05, 0.1) is 12.0 Å². The number of carbonyl (C=O) groups excluding carboxylic acids is 3. The zero-order valence-corrected chi connectivity index (χ0v) is 20.1. The molecular formula is C27H24N2O5S. The van der Waals surface area contributed by atoms with E-state index in [1.54, 1.807) is 37.5 Å². The molecule has 3 aromatic rings. The maximum atomic E-state index is 12.9. The maximum absolute atomic E-state index is 12.9. The van der Waals surface area contributed by atoms with Gasteiger partial charge < -0.3 is 14.8 Å². The van der Waals surface area contributed by atoms with Gasteiger partial charge in [-0.05, 0) is 60.7 Å². The van der Waals surface area contributed by atoms with Gasteiger partial charge in [-0.1, -0.05) is 48.0 Å². The first kappa shape index (κ1) is 24.1. The molecule has 3 aromatic carbocycles. The maximum Gasteiger partial charge on any atom is 0.294 e. The number of anilines is 1. The van der Waals surface area contributed by atoms with Crippen LogP contribution in [-0.2, 0) is 16.2 Å². The highest BCUT2D eigenvalue weighted by molar-refractivity contribution is 8.18. The molecule has 4 rings (SSSR count). The standard InChI is InChI=1S/C27H24N2O5S/c1-18-6-5-7-19(14-18)17-34-23-9-4-3-8-20(23)15-24-26(31)29(27(32)35-24)16-25(30)28-21-10-12-22(33-2)13-11-21/h3-15H,16-17H2,1-2H3,(H,28,30)/b24-15+. The molecule has 7 nitrogen and oxygen atoms in total. The van der Waals surface area contributed by atoms with Crippen LogP contribution in [0.4, 0.5) is 10.5 Å². The molecule has 8 heteroatoms. The molecule has 35 heavy (non-hydrogen) atoms. The minimum atomic E-state index is -0.515. The number of ether oxygens (including phenoxy) is 2. The van der Waals surface area contributed by atoms with Crippen molar-refractivity contribution in [2.24, 2.45) is 0 Å². The lowest BCUT2D eigenvalue weighted by Crippen LogP contribution is -2.36. The van der Waals surface area contributed by atoms with Gasteiger partial charge in [-0.3, -0.25) is 19.3 Å². The fraction of sp³-hybridized carbons (Fsp3) is 0.148. The summed E-state index contributed by atoms with van der Waals surface area (Å²) in [6, 6.07) is 22.1. The molecule has 1 heterocycles. The van der Waals surface area contributed by atoms with Gasteiger partial charge in [0.1, 0.15) is 24.7 Å². The number of benzene rings is 3. The van der Waals surface area contributed by atoms with Crippen molar-refractivity contribution in [1.82, 2.24) is 4.90 Å². The summed E-state index contributed by atoms with van der Waals surface area (Å²) in [4.78, 5) is 39.0. The first-order valence-corrected chi connectivity index (χ1v) is 11.7. The number of rotatable bonds is 8. The van der Waals surface area contributed by atoms with E-state index >= 15 is 0 Å². The smallest absolute Gasteiger partial charge is 0.294 e. The van der Waals surface area contributed by atoms with Crippen LogP contribution in [0.3, 0.4) is 0 Å². The Labute approximate surface area is 207 Å². The Hall–Kier alpha value is -4.04. The van der Waals surface area contributed by atoms with Crippen molar-refractivity contribution in [2.75, 3.05) is 19.0 Å². The van der Waals surface area contributed by atoms with E-state index in [0.717, 1.165) is 27.8 Å². The van der Waals surface area contributed by atoms with E-state index in [9.17, 15) is 14.4 Å². The summed E-state index contributed by atoms with van der Waals surface area (Å²) in [6.45, 7) is 2.02. The van der Waals surface area contributed by atoms with Crippen molar-refractivity contribution in [3.05, 3.63) is 94.4 Å². The zero-order valence-electron chi connectivity index (χ0n) is 19.3. The Kier molecular flexibility index (Phi) is 7.52. The van der Waals surface area contributed by atoms with Crippen molar-refractivity contribution in [3.8, 4) is 11.5 Å². The van der Waals surface area contributed by atoms with Gasteiger partial charge in [0.25, 0.3) is 11.1 Å². The molecule has 3 amide bonds. The Balaban J connectivity index is 1.43. The highest BCUT2D eigenvalue weighted by Crippen LogP contribution is 2.34. The SMILES string of the molecule is COc1ccc(NC(=O)CN2C(=O)S/C(=C/c3ccccc3OCc3cccc(C)c3)C2=O)cc1. The summed E-state index contributed by atoms with van der Waals surface area (Å²) in [5, 5.41) is 2.19. The number of nitrogens with zero attached hydrogens (tertiary/aromatic N) is 1. The number of hydrogen-bond donors (Lipinski definition) is 1. The molecule has 1 aliphatic rings. The van der Waals surface area contributed by atoms with Crippen LogP contribution in [0.2, 0.25) is 0 Å². The number of amides is 3. The van der Waals surface area contributed by atoms with E-state index in [2.05, 4.69) is 5.32 Å². The molecule has 1 fully saturated rings. The van der Waals surface area contributed by atoms with Gasteiger partial charge in [0, 0.05) is 11.3 Å². The number of methoxy groups -OCH3 is 1. The van der Waals surface area contributed by atoms with Crippen LogP contribution < -0.4 is 14.8 Å². The third kappa shape index (κ3) is 6.10. The van der Waals surface area contributed by atoms with Crippen LogP contribution in [0.5, 0.6) is 11.5 Å². The van der Waals surface area contributed by atoms with Crippen LogP contribution >= 0.6 is 11.8 Å². The van der Waals surface area contributed by atoms with E-state index < -0.39 is 17.1 Å². The molecular weight excluding hydrogens is 464 g/mol. The predicted octanol–water partition coefficient (Wildman–Crippen LogP) is 5.26. The number of imide groups is 1. The predicted molar refractivity (Wildman–Crippen MR) is 136 cm³/mol. The summed E-state index contributed by atoms with van der Waals surface area (Å²) in [5.41, 5.74) is 3.39. The molecule has 0 spiro atoms. The fourth-order valence-electron chi connectivity index (χ4n) is 3.49. The molecule has 1 aliphatic heterocycles. The van der Waals surface area contributed by atoms with Gasteiger partial charge in [-0.15, -0.1) is 0 Å². The van der Waals surface area contributed by atoms with E-state index in [1.165, 1.54) is 0 Å². The number of aryl methyl sites for hydroxylation is 1. The van der Waals surface area contributed by atoms with Crippen LogP contribution in [-0.4, -0.2) is 35.6 Å². The number of nitrogens with one attached hydrogen (secondary N) is 1. The Bertz CT molecular complexity index is 1290. The van der Waals surface area contributed by atoms with Gasteiger partial charge in [-0.2, -0.15) is 0 Å². The van der Waals surface area contributed by atoms with Crippen LogP contribution in [0.25, 0.3) is 6.08 Å². The second-order valence-electron chi connectivity index (χ2n) is 7.86. The Morgan fingerprint density at radius 1 is 1.03 bits per heavy atom. The topological polar surface area (TPSA) is 84.9 Å². The van der Waals surface area contributed by atoms with Crippen molar-refractivity contribution in [2.45, 2.75) is 13.5 Å². The molecule has 0 radical (unpaired) electrons. The van der Waals surface area contributed by atoms with Gasteiger partial charge in [-0.25, -0.2) is 0 Å². The number of thioether (sulfide) groups is 1. The lowest BCUT2D eigenvalue weighted by Gasteiger charge is -2.13. The molecule has 0 bridgehead atoms. The Morgan fingerprint density at radius 2 is 1.80 bits per heavy atom. The summed E-state index contributed by atoms with van der Waals surface area (Å²) in [5.74, 6) is 0.263. The second kappa shape index (κ2) is 10.9. The normalized spacial score (nSPS) is 14.3. The molecule has 0 saturated carbocycles. The van der Waals surface area contributed by atoms with Crippen LogP contribution in [0.1, 0.15) is 16.7 Å². The number of hydrogen-bond acceptors (Lipinski definition) is 6. The highest BCUT2D eigenvalue weighted by atomic mass is 32.2. The van der Waals surface area contributed by atoms with Gasteiger partial charge in [0.15, 0.2) is 0 Å². The first-order valence-electron chi connectivity index (χ1n) is 10.9. The first-order chi connectivity index (χ1) is 16.9. The van der Waals surface area contributed by atoms with E-state index in [4.69, 9.17) is 9.47 Å². The van der Waals surface area contributed by atoms with Crippen molar-refractivity contribution >= 4 is 40.6 Å². The highest BCUT2D eigenvalue weighted by Gasteiger charge is 2.36. The second-order valence-corrected chi connectivity index (χ2v) is 8.85. The molecule has 0 aliphatic carbocycles. The number of para-hydroxylation sites is 1. The quantitative estimate of drug-likeness (QED) is 0.436. The molecule has 0 unspecified atom stereocenters. The van der Waals surface area contributed by atoms with E-state index in [0.29, 0.717) is 29.4 Å². The summed E-state index contributed by atoms with van der Waals surface area (Å²) in [6.07, 6.45) is 1.62. The van der Waals surface area contributed by atoms with Crippen LogP contribution in [0.15, 0.2) is 77.7 Å². The molecule has 0 aromatic heterocycles. The average Bonchev–Trinajstić information content (AvgIpc) is 3.11. The molecule has 1 saturated heterocycles. The summed E-state index contributed by atoms with van der Waals surface area (Å²) in [7, 11) is 1.55. The number of carbonyl (C=O) groups is 3. The lowest BCUT2D eigenvalue weighted by molar-refractivity contribution is -0.127. The molecule has 1 N–H and O–H groups in total. The zero-order chi connectivity index (χ0) is 24.8. The van der Waals surface area contributed by atoms with E-state index in [-0.39, 0.29) is 11.4 Å². The van der Waals surface area contributed by atoms with E-state index in [1.807, 2.05) is 55.5 Å². The van der Waals surface area contributed by atoms with Crippen molar-refractivity contribution in [1.29, 1.82) is 0 Å². The molecule has 0 atom stereocenters. The largest absolute Gasteiger partial charge is 0.497 e.